The van der Waals surface area contributed by atoms with Gasteiger partial charge in [0.2, 0.25) is 0 Å². The molecular formula is C128H85N9. The fourth-order valence-electron chi connectivity index (χ4n) is 23.0. The van der Waals surface area contributed by atoms with Crippen LogP contribution in [0, 0.1) is 0 Å². The van der Waals surface area contributed by atoms with Gasteiger partial charge in [0.05, 0.1) is 111 Å². The summed E-state index contributed by atoms with van der Waals surface area (Å²) >= 11 is 0. The predicted molar refractivity (Wildman–Crippen MR) is 576 cm³/mol. The van der Waals surface area contributed by atoms with Crippen LogP contribution in [0.3, 0.4) is 0 Å². The first-order chi connectivity index (χ1) is 68.0. The maximum Gasteiger partial charge on any atom is 0.0541 e. The normalized spacial score (nSPS) is 12.0. The highest BCUT2D eigenvalue weighted by atomic mass is 15.2. The van der Waals surface area contributed by atoms with Crippen molar-refractivity contribution in [3.63, 3.8) is 0 Å². The van der Waals surface area contributed by atoms with Crippen molar-refractivity contribution >= 4 is 186 Å². The topological polar surface area (TPSA) is 42.7 Å². The molecule has 0 unspecified atom stereocenters. The van der Waals surface area contributed by atoms with E-state index >= 15 is 0 Å². The van der Waals surface area contributed by atoms with Crippen LogP contribution in [0.25, 0.3) is 220 Å². The third-order valence-corrected chi connectivity index (χ3v) is 28.6. The maximum absolute atomic E-state index is 2.54. The molecule has 8 heterocycles. The number of aromatic nitrogens is 8. The Kier molecular flexibility index (Phi) is 17.7. The van der Waals surface area contributed by atoms with E-state index in [9.17, 15) is 0 Å². The Bertz CT molecular complexity index is 8480. The van der Waals surface area contributed by atoms with Crippen LogP contribution in [0.15, 0.2) is 491 Å². The quantitative estimate of drug-likeness (QED) is 0.107. The fourth-order valence-corrected chi connectivity index (χ4v) is 23.0. The van der Waals surface area contributed by atoms with Crippen molar-refractivity contribution in [1.29, 1.82) is 0 Å². The van der Waals surface area contributed by atoms with Crippen molar-refractivity contribution in [3.05, 3.63) is 508 Å². The molecule has 29 aromatic rings. The van der Waals surface area contributed by atoms with Crippen LogP contribution in [0.2, 0.25) is 0 Å². The lowest BCUT2D eigenvalue weighted by molar-refractivity contribution is 0.965. The molecule has 642 valence electrons. The number of fused-ring (bicyclic) bond motifs is 24. The molecule has 137 heavy (non-hydrogen) atoms. The second-order valence-electron chi connectivity index (χ2n) is 36.3. The number of para-hydroxylation sites is 16. The third-order valence-electron chi connectivity index (χ3n) is 28.6. The van der Waals surface area contributed by atoms with E-state index < -0.39 is 0 Å². The molecule has 0 aliphatic rings. The number of rotatable bonds is 14. The Labute approximate surface area is 788 Å². The molecule has 9 nitrogen and oxygen atoms in total. The van der Waals surface area contributed by atoms with Crippen molar-refractivity contribution in [2.45, 2.75) is 13.0 Å². The van der Waals surface area contributed by atoms with Crippen molar-refractivity contribution in [2.75, 3.05) is 4.90 Å². The molecule has 8 aromatic heterocycles. The second kappa shape index (κ2) is 31.3. The van der Waals surface area contributed by atoms with Crippen molar-refractivity contribution in [1.82, 2.24) is 36.5 Å². The van der Waals surface area contributed by atoms with Gasteiger partial charge in [0.15, 0.2) is 0 Å². The van der Waals surface area contributed by atoms with Gasteiger partial charge in [-0.2, -0.15) is 0 Å². The standard InChI is InChI=1S/C67H45N5.C61H40N4/c1-2-20-45(21-3-1)44-68(46-38-48(69-60-30-12-4-22-52(60)53-23-5-13-31-61(53)69)42-49(39-46)70-62-32-14-6-24-54(62)55-25-7-15-33-63(55)70)47-40-50(71-64-34-16-8-26-56(64)57-27-9-17-35-65(57)71)43-51(41-47)72-66-36-18-10-28-58(66)59-29-11-19-37-67(59)72;1-9-25-54-46(17-1)47-18-2-10-26-55(47)62(54)42-34-40(35-43(38-42)63-56-27-11-3-19-48(56)49-20-4-12-28-57(49)63)33-41-36-44(64-58-29-13-5-21-50(58)51-22-6-14-30-59(51)64)39-45(37-41)65-60-31-15-7-23-52(60)53-24-8-16-32-61(53)65/h1-43H,44H2;1-32,34-39H,33H2. The lowest BCUT2D eigenvalue weighted by atomic mass is 10.0. The van der Waals surface area contributed by atoms with Crippen LogP contribution in [-0.2, 0) is 13.0 Å². The van der Waals surface area contributed by atoms with Gasteiger partial charge in [-0.05, 0) is 193 Å². The summed E-state index contributed by atoms with van der Waals surface area (Å²) in [6, 6.07) is 181. The highest BCUT2D eigenvalue weighted by Gasteiger charge is 2.27. The molecule has 0 aliphatic carbocycles. The highest BCUT2D eigenvalue weighted by molar-refractivity contribution is 6.17. The monoisotopic (exact) mass is 1750 g/mol. The van der Waals surface area contributed by atoms with Crippen LogP contribution < -0.4 is 4.90 Å². The van der Waals surface area contributed by atoms with Crippen molar-refractivity contribution in [2.24, 2.45) is 0 Å². The van der Waals surface area contributed by atoms with Crippen LogP contribution in [0.1, 0.15) is 16.7 Å². The minimum atomic E-state index is 0.618. The molecule has 0 saturated carbocycles. The third kappa shape index (κ3) is 12.3. The zero-order valence-corrected chi connectivity index (χ0v) is 74.7. The Balaban J connectivity index is 0.000000136. The van der Waals surface area contributed by atoms with E-state index in [-0.39, 0.29) is 0 Å². The molecule has 0 bridgehead atoms. The summed E-state index contributed by atoms with van der Waals surface area (Å²) in [6.45, 7) is 0.618. The van der Waals surface area contributed by atoms with Gasteiger partial charge in [-0.25, -0.2) is 0 Å². The van der Waals surface area contributed by atoms with Gasteiger partial charge in [-0.3, -0.25) is 0 Å². The van der Waals surface area contributed by atoms with Crippen LogP contribution in [0.5, 0.6) is 0 Å². The van der Waals surface area contributed by atoms with Gasteiger partial charge in [0, 0.05) is 127 Å². The molecule has 21 aromatic carbocycles. The lowest BCUT2D eigenvalue weighted by Crippen LogP contribution is -2.18. The van der Waals surface area contributed by atoms with Gasteiger partial charge in [-0.1, -0.05) is 322 Å². The first kappa shape index (κ1) is 77.6. The number of anilines is 2. The average molecular weight is 1750 g/mol. The smallest absolute Gasteiger partial charge is 0.0541 e. The summed E-state index contributed by atoms with van der Waals surface area (Å²) in [5, 5.41) is 19.8. The first-order valence-corrected chi connectivity index (χ1v) is 47.3. The maximum atomic E-state index is 2.54. The van der Waals surface area contributed by atoms with Gasteiger partial charge in [0.25, 0.3) is 0 Å². The van der Waals surface area contributed by atoms with Gasteiger partial charge >= 0.3 is 0 Å². The minimum Gasteiger partial charge on any atom is -0.337 e. The summed E-state index contributed by atoms with van der Waals surface area (Å²) in [7, 11) is 0. The molecule has 0 atom stereocenters. The summed E-state index contributed by atoms with van der Waals surface area (Å²) in [4.78, 5) is 2.54. The summed E-state index contributed by atoms with van der Waals surface area (Å²) < 4.78 is 19.7. The molecule has 0 spiro atoms. The molecule has 9 heteroatoms. The van der Waals surface area contributed by atoms with E-state index in [1.807, 2.05) is 0 Å². The van der Waals surface area contributed by atoms with Crippen LogP contribution >= 0.6 is 0 Å². The molecule has 0 fully saturated rings. The minimum absolute atomic E-state index is 0.618. The van der Waals surface area contributed by atoms with Crippen molar-refractivity contribution in [3.8, 4) is 45.5 Å². The Hall–Kier alpha value is -18.2. The second-order valence-corrected chi connectivity index (χ2v) is 36.3. The summed E-state index contributed by atoms with van der Waals surface area (Å²) in [5.41, 5.74) is 33.6. The fraction of sp³-hybridized carbons (Fsp3) is 0.0156. The number of nitrogens with zero attached hydrogens (tertiary/aromatic N) is 9. The number of hydrogen-bond acceptors (Lipinski definition) is 1. The molecule has 0 N–H and O–H groups in total. The van der Waals surface area contributed by atoms with E-state index in [2.05, 4.69) is 533 Å². The SMILES string of the molecule is c1ccc(CN(c2cc(-n3c4ccccc4c4ccccc43)cc(-n3c4ccccc4c4ccccc43)c2)c2cc(-n3c4ccccc4c4ccccc43)cc(-n3c4ccccc4c4ccccc43)c2)cc1.c1ccc2c(c1)c1ccccc1n2-c1cc(Cc2cc(-n3c4ccccc4c4ccccc43)cc(-n3c4ccccc4c4ccccc43)c2)cc(-n2c3ccccc3c3ccccc32)c1. The van der Waals surface area contributed by atoms with Gasteiger partial charge < -0.3 is 41.4 Å². The average Bonchev–Trinajstić information content (AvgIpc) is 1.69. The van der Waals surface area contributed by atoms with E-state index in [4.69, 9.17) is 0 Å². The first-order valence-electron chi connectivity index (χ1n) is 47.3. The van der Waals surface area contributed by atoms with Gasteiger partial charge in [-0.15, -0.1) is 0 Å². The van der Waals surface area contributed by atoms with Crippen LogP contribution in [0.4, 0.5) is 11.4 Å². The molecule has 29 rings (SSSR count). The zero-order chi connectivity index (χ0) is 89.9. The van der Waals surface area contributed by atoms with E-state index in [1.54, 1.807) is 0 Å². The van der Waals surface area contributed by atoms with Crippen LogP contribution in [-0.4, -0.2) is 36.5 Å². The summed E-state index contributed by atoms with van der Waals surface area (Å²) in [5.74, 6) is 0. The van der Waals surface area contributed by atoms with Crippen molar-refractivity contribution < 1.29 is 0 Å². The van der Waals surface area contributed by atoms with E-state index in [1.165, 1.54) is 191 Å². The largest absolute Gasteiger partial charge is 0.337 e. The molecule has 0 amide bonds. The Morgan fingerprint density at radius 3 is 0.409 bits per heavy atom. The highest BCUT2D eigenvalue weighted by Crippen LogP contribution is 2.47. The lowest BCUT2D eigenvalue weighted by Gasteiger charge is -2.29. The molecule has 0 aliphatic heterocycles. The van der Waals surface area contributed by atoms with E-state index in [0.717, 1.165) is 56.9 Å². The van der Waals surface area contributed by atoms with Gasteiger partial charge in [0.1, 0.15) is 0 Å². The Morgan fingerprint density at radius 2 is 0.255 bits per heavy atom. The number of benzene rings is 21. The van der Waals surface area contributed by atoms with E-state index in [0.29, 0.717) is 13.0 Å². The predicted octanol–water partition coefficient (Wildman–Crippen LogP) is 33.1. The molecular weight excluding hydrogens is 1660 g/mol. The molecule has 0 radical (unpaired) electrons. The summed E-state index contributed by atoms with van der Waals surface area (Å²) in [6.07, 6.45) is 0.713. The number of hydrogen-bond donors (Lipinski definition) is 0. The molecule has 0 saturated heterocycles. The zero-order valence-electron chi connectivity index (χ0n) is 74.7. The Morgan fingerprint density at radius 1 is 0.124 bits per heavy atom.